The highest BCUT2D eigenvalue weighted by molar-refractivity contribution is 5.75. The number of hydrogen-bond acceptors (Lipinski definition) is 3. The summed E-state index contributed by atoms with van der Waals surface area (Å²) in [5, 5.41) is 9.32. The molecule has 1 aliphatic carbocycles. The van der Waals surface area contributed by atoms with Crippen molar-refractivity contribution < 1.29 is 14.6 Å². The minimum atomic E-state index is -0.457. The normalized spacial score (nSPS) is 25.3. The first-order valence-corrected chi connectivity index (χ1v) is 7.24. The van der Waals surface area contributed by atoms with Crippen LogP contribution in [0, 0.1) is 11.3 Å². The second-order valence-corrected chi connectivity index (χ2v) is 6.75. The van der Waals surface area contributed by atoms with E-state index in [1.165, 1.54) is 5.56 Å². The van der Waals surface area contributed by atoms with Crippen LogP contribution in [0.3, 0.4) is 0 Å². The summed E-state index contributed by atoms with van der Waals surface area (Å²) in [5.41, 5.74) is 0.779. The van der Waals surface area contributed by atoms with E-state index in [9.17, 15) is 9.90 Å². The van der Waals surface area contributed by atoms with Crippen molar-refractivity contribution in [3.8, 4) is 0 Å². The van der Waals surface area contributed by atoms with E-state index in [-0.39, 0.29) is 18.0 Å². The third kappa shape index (κ3) is 3.04. The molecule has 0 heterocycles. The monoisotopic (exact) mass is 276 g/mol. The molecule has 1 fully saturated rings. The zero-order valence-electron chi connectivity index (χ0n) is 12.6. The highest BCUT2D eigenvalue weighted by Crippen LogP contribution is 2.56. The number of benzene rings is 1. The maximum atomic E-state index is 11.8. The Morgan fingerprint density at radius 3 is 2.55 bits per heavy atom. The lowest BCUT2D eigenvalue weighted by atomic mass is 9.90. The number of carbonyl (C=O) groups is 1. The molecule has 0 saturated heterocycles. The second kappa shape index (κ2) is 5.57. The number of esters is 1. The number of aliphatic hydroxyl groups excluding tert-OH is 1. The van der Waals surface area contributed by atoms with E-state index >= 15 is 0 Å². The van der Waals surface area contributed by atoms with Gasteiger partial charge in [0.15, 0.2) is 0 Å². The molecule has 0 radical (unpaired) electrons. The Labute approximate surface area is 121 Å². The predicted octanol–water partition coefficient (Wildman–Crippen LogP) is 2.92. The summed E-state index contributed by atoms with van der Waals surface area (Å²) in [7, 11) is 0. The van der Waals surface area contributed by atoms with Gasteiger partial charge in [0, 0.05) is 17.9 Å². The summed E-state index contributed by atoms with van der Waals surface area (Å²) in [6, 6.07) is 10.2. The zero-order chi connectivity index (χ0) is 14.8. The van der Waals surface area contributed by atoms with Crippen LogP contribution in [0.15, 0.2) is 30.3 Å². The molecule has 1 N–H and O–H groups in total. The Bertz CT molecular complexity index is 461. The highest BCUT2D eigenvalue weighted by atomic mass is 16.5. The Balaban J connectivity index is 2.00. The average molecular weight is 276 g/mol. The van der Waals surface area contributed by atoms with Crippen LogP contribution in [0.25, 0.3) is 0 Å². The molecule has 2 atom stereocenters. The fourth-order valence-electron chi connectivity index (χ4n) is 2.77. The number of hydrogen-bond donors (Lipinski definition) is 1. The van der Waals surface area contributed by atoms with Gasteiger partial charge in [-0.1, -0.05) is 30.3 Å². The molecule has 0 bridgehead atoms. The standard InChI is InChI=1S/C17H24O3/c1-16(2,3)15(19)20-12-14-11-17(14,9-10-18)13-7-5-4-6-8-13/h4-8,14,18H,9-12H2,1-3H3/t14-,17-/m0/s1. The van der Waals surface area contributed by atoms with E-state index in [2.05, 4.69) is 12.1 Å². The van der Waals surface area contributed by atoms with E-state index in [1.807, 2.05) is 39.0 Å². The van der Waals surface area contributed by atoms with Gasteiger partial charge >= 0.3 is 5.97 Å². The fourth-order valence-corrected chi connectivity index (χ4v) is 2.77. The van der Waals surface area contributed by atoms with Crippen molar-refractivity contribution in [3.63, 3.8) is 0 Å². The summed E-state index contributed by atoms with van der Waals surface area (Å²) >= 11 is 0. The lowest BCUT2D eigenvalue weighted by Crippen LogP contribution is -2.25. The molecule has 3 heteroatoms. The van der Waals surface area contributed by atoms with Crippen molar-refractivity contribution in [2.45, 2.75) is 39.0 Å². The minimum Gasteiger partial charge on any atom is -0.465 e. The van der Waals surface area contributed by atoms with Crippen LogP contribution in [-0.4, -0.2) is 24.3 Å². The molecule has 0 amide bonds. The van der Waals surface area contributed by atoms with Gasteiger partial charge in [-0.05, 0) is 39.2 Å². The molecule has 3 nitrogen and oxygen atoms in total. The zero-order valence-corrected chi connectivity index (χ0v) is 12.6. The van der Waals surface area contributed by atoms with Gasteiger partial charge in [0.05, 0.1) is 12.0 Å². The Morgan fingerprint density at radius 1 is 1.35 bits per heavy atom. The van der Waals surface area contributed by atoms with Gasteiger partial charge in [-0.2, -0.15) is 0 Å². The first kappa shape index (κ1) is 15.0. The molecule has 20 heavy (non-hydrogen) atoms. The third-order valence-electron chi connectivity index (χ3n) is 4.17. The molecule has 0 aromatic heterocycles. The van der Waals surface area contributed by atoms with E-state index in [0.29, 0.717) is 12.5 Å². The average Bonchev–Trinajstić information content (AvgIpc) is 3.11. The number of ether oxygens (including phenoxy) is 1. The Hall–Kier alpha value is -1.35. The van der Waals surface area contributed by atoms with E-state index in [4.69, 9.17) is 4.74 Å². The summed E-state index contributed by atoms with van der Waals surface area (Å²) < 4.78 is 5.43. The summed E-state index contributed by atoms with van der Waals surface area (Å²) in [4.78, 5) is 11.8. The van der Waals surface area contributed by atoms with E-state index in [1.54, 1.807) is 0 Å². The largest absolute Gasteiger partial charge is 0.465 e. The maximum Gasteiger partial charge on any atom is 0.311 e. The number of aliphatic hydroxyl groups is 1. The molecule has 2 rings (SSSR count). The minimum absolute atomic E-state index is 0.00578. The van der Waals surface area contributed by atoms with Crippen molar-refractivity contribution in [1.29, 1.82) is 0 Å². The van der Waals surface area contributed by atoms with Crippen molar-refractivity contribution in [2.75, 3.05) is 13.2 Å². The van der Waals surface area contributed by atoms with Gasteiger partial charge in [-0.25, -0.2) is 0 Å². The molecule has 1 aromatic carbocycles. The van der Waals surface area contributed by atoms with Gasteiger partial charge in [0.25, 0.3) is 0 Å². The fraction of sp³-hybridized carbons (Fsp3) is 0.588. The Morgan fingerprint density at radius 2 is 2.00 bits per heavy atom. The van der Waals surface area contributed by atoms with Crippen LogP contribution in [0.5, 0.6) is 0 Å². The SMILES string of the molecule is CC(C)(C)C(=O)OC[C@@H]1C[C@@]1(CCO)c1ccccc1. The van der Waals surface area contributed by atoms with Crippen molar-refractivity contribution in [1.82, 2.24) is 0 Å². The van der Waals surface area contributed by atoms with Crippen LogP contribution >= 0.6 is 0 Å². The molecule has 1 aromatic rings. The molecule has 0 spiro atoms. The first-order valence-electron chi connectivity index (χ1n) is 7.24. The lowest BCUT2D eigenvalue weighted by molar-refractivity contribution is -0.153. The van der Waals surface area contributed by atoms with Crippen LogP contribution in [0.1, 0.15) is 39.2 Å². The van der Waals surface area contributed by atoms with Crippen LogP contribution in [0.2, 0.25) is 0 Å². The highest BCUT2D eigenvalue weighted by Gasteiger charge is 2.55. The van der Waals surface area contributed by atoms with Gasteiger partial charge in [0.1, 0.15) is 0 Å². The topological polar surface area (TPSA) is 46.5 Å². The van der Waals surface area contributed by atoms with Gasteiger partial charge in [-0.3, -0.25) is 4.79 Å². The second-order valence-electron chi connectivity index (χ2n) is 6.75. The van der Waals surface area contributed by atoms with Crippen LogP contribution < -0.4 is 0 Å². The smallest absolute Gasteiger partial charge is 0.311 e. The maximum absolute atomic E-state index is 11.8. The number of carbonyl (C=O) groups excluding carboxylic acids is 1. The molecular formula is C17H24O3. The van der Waals surface area contributed by atoms with Crippen molar-refractivity contribution in [3.05, 3.63) is 35.9 Å². The molecule has 110 valence electrons. The molecule has 1 aliphatic rings. The molecule has 0 aliphatic heterocycles. The van der Waals surface area contributed by atoms with E-state index < -0.39 is 5.41 Å². The predicted molar refractivity (Wildman–Crippen MR) is 78.3 cm³/mol. The number of rotatable bonds is 5. The summed E-state index contributed by atoms with van der Waals surface area (Å²) in [6.45, 7) is 6.20. The van der Waals surface area contributed by atoms with Gasteiger partial charge in [-0.15, -0.1) is 0 Å². The van der Waals surface area contributed by atoms with Crippen molar-refractivity contribution >= 4 is 5.97 Å². The third-order valence-corrected chi connectivity index (χ3v) is 4.17. The summed E-state index contributed by atoms with van der Waals surface area (Å²) in [5.74, 6) is 0.165. The quantitative estimate of drug-likeness (QED) is 0.841. The van der Waals surface area contributed by atoms with Crippen LogP contribution in [-0.2, 0) is 14.9 Å². The van der Waals surface area contributed by atoms with Crippen LogP contribution in [0.4, 0.5) is 0 Å². The van der Waals surface area contributed by atoms with Crippen molar-refractivity contribution in [2.24, 2.45) is 11.3 Å². The summed E-state index contributed by atoms with van der Waals surface area (Å²) in [6.07, 6.45) is 1.71. The van der Waals surface area contributed by atoms with Gasteiger partial charge in [0.2, 0.25) is 0 Å². The Kier molecular flexibility index (Phi) is 4.19. The molecule has 0 unspecified atom stereocenters. The van der Waals surface area contributed by atoms with E-state index in [0.717, 1.165) is 12.8 Å². The lowest BCUT2D eigenvalue weighted by Gasteiger charge is -2.19. The van der Waals surface area contributed by atoms with Gasteiger partial charge < -0.3 is 9.84 Å². The molecular weight excluding hydrogens is 252 g/mol. The molecule has 1 saturated carbocycles. The first-order chi connectivity index (χ1) is 9.40.